The van der Waals surface area contributed by atoms with Gasteiger partial charge in [-0.15, -0.1) is 0 Å². The summed E-state index contributed by atoms with van der Waals surface area (Å²) in [7, 11) is 1.57. The summed E-state index contributed by atoms with van der Waals surface area (Å²) in [6.45, 7) is 0. The molecule has 21 heavy (non-hydrogen) atoms. The van der Waals surface area contributed by atoms with Gasteiger partial charge in [0.05, 0.1) is 19.1 Å². The SMILES string of the molecule is COc1ccccc1C1C(C(=O)O)CCC(=O)N1C1CC1. The number of hydrogen-bond acceptors (Lipinski definition) is 3. The first-order valence-electron chi connectivity index (χ1n) is 7.30. The van der Waals surface area contributed by atoms with Gasteiger partial charge in [-0.2, -0.15) is 0 Å². The number of aliphatic carboxylic acids is 1. The number of methoxy groups -OCH3 is 1. The number of carboxylic acids is 1. The first kappa shape index (κ1) is 13.9. The zero-order valence-corrected chi connectivity index (χ0v) is 12.0. The highest BCUT2D eigenvalue weighted by atomic mass is 16.5. The Morgan fingerprint density at radius 3 is 2.62 bits per heavy atom. The van der Waals surface area contributed by atoms with Gasteiger partial charge in [-0.05, 0) is 25.3 Å². The van der Waals surface area contributed by atoms with Crippen LogP contribution in [0.3, 0.4) is 0 Å². The summed E-state index contributed by atoms with van der Waals surface area (Å²) >= 11 is 0. The number of nitrogens with zero attached hydrogens (tertiary/aromatic N) is 1. The van der Waals surface area contributed by atoms with Gasteiger partial charge in [-0.1, -0.05) is 18.2 Å². The van der Waals surface area contributed by atoms with Crippen LogP contribution in [-0.2, 0) is 9.59 Å². The lowest BCUT2D eigenvalue weighted by molar-refractivity contribution is -0.152. The topological polar surface area (TPSA) is 66.8 Å². The fourth-order valence-electron chi connectivity index (χ4n) is 3.23. The van der Waals surface area contributed by atoms with E-state index in [0.29, 0.717) is 18.6 Å². The zero-order valence-electron chi connectivity index (χ0n) is 12.0. The van der Waals surface area contributed by atoms with Gasteiger partial charge in [0.1, 0.15) is 5.75 Å². The van der Waals surface area contributed by atoms with Crippen LogP contribution in [0.5, 0.6) is 5.75 Å². The molecule has 5 nitrogen and oxygen atoms in total. The van der Waals surface area contributed by atoms with Crippen LogP contribution in [0.1, 0.15) is 37.3 Å². The van der Waals surface area contributed by atoms with Crippen molar-refractivity contribution in [2.75, 3.05) is 7.11 Å². The first-order valence-corrected chi connectivity index (χ1v) is 7.30. The first-order chi connectivity index (χ1) is 10.1. The molecule has 0 radical (unpaired) electrons. The standard InChI is InChI=1S/C16H19NO4/c1-21-13-5-3-2-4-11(13)15-12(16(19)20)8-9-14(18)17(15)10-6-7-10/h2-5,10,12,15H,6-9H2,1H3,(H,19,20). The minimum atomic E-state index is -0.843. The van der Waals surface area contributed by atoms with Crippen molar-refractivity contribution < 1.29 is 19.4 Å². The number of likely N-dealkylation sites (tertiary alicyclic amines) is 1. The van der Waals surface area contributed by atoms with E-state index in [1.54, 1.807) is 12.0 Å². The van der Waals surface area contributed by atoms with Crippen molar-refractivity contribution in [3.05, 3.63) is 29.8 Å². The summed E-state index contributed by atoms with van der Waals surface area (Å²) in [4.78, 5) is 25.8. The second kappa shape index (κ2) is 5.39. The summed E-state index contributed by atoms with van der Waals surface area (Å²) in [6, 6.07) is 7.17. The number of hydrogen-bond donors (Lipinski definition) is 1. The van der Waals surface area contributed by atoms with Crippen LogP contribution in [0.25, 0.3) is 0 Å². The van der Waals surface area contributed by atoms with Crippen LogP contribution < -0.4 is 4.74 Å². The number of piperidine rings is 1. The van der Waals surface area contributed by atoms with Crippen molar-refractivity contribution in [2.45, 2.75) is 37.8 Å². The molecule has 112 valence electrons. The van der Waals surface area contributed by atoms with E-state index in [1.807, 2.05) is 24.3 Å². The van der Waals surface area contributed by atoms with E-state index in [2.05, 4.69) is 0 Å². The minimum absolute atomic E-state index is 0.0610. The monoisotopic (exact) mass is 289 g/mol. The maximum Gasteiger partial charge on any atom is 0.308 e. The van der Waals surface area contributed by atoms with Gasteiger partial charge < -0.3 is 14.7 Å². The third kappa shape index (κ3) is 2.48. The lowest BCUT2D eigenvalue weighted by Crippen LogP contribution is -2.46. The molecule has 1 aromatic rings. The molecule has 1 saturated heterocycles. The Labute approximate surface area is 123 Å². The molecule has 0 bridgehead atoms. The second-order valence-corrected chi connectivity index (χ2v) is 5.70. The van der Waals surface area contributed by atoms with Crippen LogP contribution in [0, 0.1) is 5.92 Å². The maximum absolute atomic E-state index is 12.3. The zero-order chi connectivity index (χ0) is 15.0. The molecule has 1 aromatic carbocycles. The number of carboxylic acid groups (broad SMARTS) is 1. The Bertz CT molecular complexity index is 567. The summed E-state index contributed by atoms with van der Waals surface area (Å²) in [5.41, 5.74) is 0.798. The minimum Gasteiger partial charge on any atom is -0.496 e. The molecule has 1 amide bonds. The van der Waals surface area contributed by atoms with Gasteiger partial charge in [0, 0.05) is 18.0 Å². The number of rotatable bonds is 4. The summed E-state index contributed by atoms with van der Waals surface area (Å²) in [6.07, 6.45) is 2.63. The number of para-hydroxylation sites is 1. The number of benzene rings is 1. The van der Waals surface area contributed by atoms with Crippen molar-refractivity contribution in [2.24, 2.45) is 5.92 Å². The highest BCUT2D eigenvalue weighted by Crippen LogP contribution is 2.45. The van der Waals surface area contributed by atoms with E-state index in [-0.39, 0.29) is 11.9 Å². The summed E-state index contributed by atoms with van der Waals surface area (Å²) in [5.74, 6) is -0.705. The van der Waals surface area contributed by atoms with E-state index < -0.39 is 17.9 Å². The molecule has 1 aliphatic heterocycles. The van der Waals surface area contributed by atoms with E-state index in [1.165, 1.54) is 0 Å². The number of ether oxygens (including phenoxy) is 1. The Morgan fingerprint density at radius 1 is 1.29 bits per heavy atom. The van der Waals surface area contributed by atoms with Crippen molar-refractivity contribution in [3.8, 4) is 5.75 Å². The Hall–Kier alpha value is -2.04. The van der Waals surface area contributed by atoms with E-state index in [4.69, 9.17) is 4.74 Å². The predicted octanol–water partition coefficient (Wildman–Crippen LogP) is 2.22. The van der Waals surface area contributed by atoms with E-state index in [0.717, 1.165) is 18.4 Å². The van der Waals surface area contributed by atoms with Crippen LogP contribution in [-0.4, -0.2) is 35.0 Å². The van der Waals surface area contributed by atoms with Crippen LogP contribution in [0.4, 0.5) is 0 Å². The van der Waals surface area contributed by atoms with Crippen molar-refractivity contribution in [1.29, 1.82) is 0 Å². The fourth-order valence-corrected chi connectivity index (χ4v) is 3.23. The normalized spacial score (nSPS) is 25.8. The van der Waals surface area contributed by atoms with Gasteiger partial charge in [-0.3, -0.25) is 9.59 Å². The highest BCUT2D eigenvalue weighted by Gasteiger charge is 2.47. The quantitative estimate of drug-likeness (QED) is 0.923. The molecule has 1 saturated carbocycles. The average molecular weight is 289 g/mol. The number of carbonyl (C=O) groups excluding carboxylic acids is 1. The number of carbonyl (C=O) groups is 2. The summed E-state index contributed by atoms with van der Waals surface area (Å²) < 4.78 is 5.38. The lowest BCUT2D eigenvalue weighted by Gasteiger charge is -2.40. The fraction of sp³-hybridized carbons (Fsp3) is 0.500. The van der Waals surface area contributed by atoms with Gasteiger partial charge in [0.2, 0.25) is 5.91 Å². The molecular weight excluding hydrogens is 270 g/mol. The molecule has 2 aliphatic rings. The maximum atomic E-state index is 12.3. The van der Waals surface area contributed by atoms with Gasteiger partial charge >= 0.3 is 5.97 Å². The van der Waals surface area contributed by atoms with Gasteiger partial charge in [-0.25, -0.2) is 0 Å². The number of amides is 1. The Balaban J connectivity index is 2.06. The molecule has 1 N–H and O–H groups in total. The van der Waals surface area contributed by atoms with Crippen molar-refractivity contribution in [1.82, 2.24) is 4.90 Å². The Morgan fingerprint density at radius 2 is 2.00 bits per heavy atom. The lowest BCUT2D eigenvalue weighted by atomic mass is 9.83. The Kier molecular flexibility index (Phi) is 3.57. The van der Waals surface area contributed by atoms with Crippen molar-refractivity contribution in [3.63, 3.8) is 0 Å². The van der Waals surface area contributed by atoms with E-state index in [9.17, 15) is 14.7 Å². The molecule has 2 atom stereocenters. The van der Waals surface area contributed by atoms with Crippen molar-refractivity contribution >= 4 is 11.9 Å². The molecule has 0 aromatic heterocycles. The molecule has 0 spiro atoms. The average Bonchev–Trinajstić information content (AvgIpc) is 3.31. The molecule has 1 aliphatic carbocycles. The largest absolute Gasteiger partial charge is 0.496 e. The van der Waals surface area contributed by atoms with E-state index >= 15 is 0 Å². The summed E-state index contributed by atoms with van der Waals surface area (Å²) in [5, 5.41) is 9.56. The molecule has 2 fully saturated rings. The van der Waals surface area contributed by atoms with Gasteiger partial charge in [0.15, 0.2) is 0 Å². The molecule has 1 heterocycles. The van der Waals surface area contributed by atoms with Crippen LogP contribution >= 0.6 is 0 Å². The molecule has 3 rings (SSSR count). The van der Waals surface area contributed by atoms with Crippen LogP contribution in [0.15, 0.2) is 24.3 Å². The third-order valence-electron chi connectivity index (χ3n) is 4.35. The smallest absolute Gasteiger partial charge is 0.308 e. The van der Waals surface area contributed by atoms with Crippen LogP contribution in [0.2, 0.25) is 0 Å². The molecule has 5 heteroatoms. The molecular formula is C16H19NO4. The molecule has 2 unspecified atom stereocenters. The highest BCUT2D eigenvalue weighted by molar-refractivity contribution is 5.82. The second-order valence-electron chi connectivity index (χ2n) is 5.70. The van der Waals surface area contributed by atoms with Gasteiger partial charge in [0.25, 0.3) is 0 Å². The predicted molar refractivity (Wildman–Crippen MR) is 76.0 cm³/mol. The third-order valence-corrected chi connectivity index (χ3v) is 4.35.